The van der Waals surface area contributed by atoms with E-state index in [-0.39, 0.29) is 36.5 Å². The summed E-state index contributed by atoms with van der Waals surface area (Å²) in [5.74, 6) is -0.617. The standard InChI is InChI=1S/C33H36N2O6/c1-21-29(18-34-16-6-9-26(34)20-39-2)40-33(41-30(21)23-14-12-22(19-36)13-15-23)24-7-5-8-25(17-24)35-31(37)27-10-3-4-11-28(27)32(35)38/h3-5,7-8,10-15,17,21,26,29-30,33,36H,6,9,16,18-20H2,1-2H3/t21-,26-,29+,30+,33+/m0/s1. The Kier molecular flexibility index (Phi) is 8.01. The van der Waals surface area contributed by atoms with Gasteiger partial charge in [-0.1, -0.05) is 55.5 Å². The number of ether oxygens (including phenoxy) is 3. The number of hydrogen-bond donors (Lipinski definition) is 1. The minimum atomic E-state index is -0.697. The van der Waals surface area contributed by atoms with Crippen LogP contribution in [0.5, 0.6) is 0 Å². The summed E-state index contributed by atoms with van der Waals surface area (Å²) in [6.07, 6.45) is 1.15. The van der Waals surface area contributed by atoms with Crippen LogP contribution in [-0.4, -0.2) is 60.8 Å². The molecule has 8 nitrogen and oxygen atoms in total. The first-order valence-corrected chi connectivity index (χ1v) is 14.3. The first-order valence-electron chi connectivity index (χ1n) is 14.3. The molecule has 0 aromatic heterocycles. The molecule has 1 N–H and O–H groups in total. The van der Waals surface area contributed by atoms with Gasteiger partial charge in [0, 0.05) is 31.2 Å². The Hall–Kier alpha value is -3.40. The number of nitrogens with zero attached hydrogens (tertiary/aromatic N) is 2. The summed E-state index contributed by atoms with van der Waals surface area (Å²) in [5.41, 5.74) is 3.89. The summed E-state index contributed by atoms with van der Waals surface area (Å²) in [4.78, 5) is 30.0. The van der Waals surface area contributed by atoms with Crippen LogP contribution in [-0.2, 0) is 20.8 Å². The summed E-state index contributed by atoms with van der Waals surface area (Å²) < 4.78 is 18.8. The number of carbonyl (C=O) groups is 2. The smallest absolute Gasteiger partial charge is 0.266 e. The van der Waals surface area contributed by atoms with E-state index >= 15 is 0 Å². The lowest BCUT2D eigenvalue weighted by molar-refractivity contribution is -0.276. The Bertz CT molecular complexity index is 1370. The number of fused-ring (bicyclic) bond motifs is 1. The van der Waals surface area contributed by atoms with Gasteiger partial charge in [0.15, 0.2) is 6.29 Å². The van der Waals surface area contributed by atoms with Crippen molar-refractivity contribution in [3.63, 3.8) is 0 Å². The van der Waals surface area contributed by atoms with Crippen LogP contribution < -0.4 is 4.90 Å². The zero-order valence-electron chi connectivity index (χ0n) is 23.4. The van der Waals surface area contributed by atoms with Gasteiger partial charge in [-0.3, -0.25) is 14.5 Å². The van der Waals surface area contributed by atoms with E-state index in [0.29, 0.717) is 29.5 Å². The first-order chi connectivity index (χ1) is 20.0. The number of amides is 2. The molecule has 0 bridgehead atoms. The predicted molar refractivity (Wildman–Crippen MR) is 153 cm³/mol. The largest absolute Gasteiger partial charge is 0.392 e. The number of carbonyl (C=O) groups excluding carboxylic acids is 2. The maximum Gasteiger partial charge on any atom is 0.266 e. The molecule has 3 aliphatic heterocycles. The summed E-state index contributed by atoms with van der Waals surface area (Å²) >= 11 is 0. The van der Waals surface area contributed by atoms with Gasteiger partial charge in [0.25, 0.3) is 11.8 Å². The zero-order chi connectivity index (χ0) is 28.5. The van der Waals surface area contributed by atoms with Crippen LogP contribution in [0.4, 0.5) is 5.69 Å². The highest BCUT2D eigenvalue weighted by atomic mass is 16.7. The molecule has 6 rings (SSSR count). The topological polar surface area (TPSA) is 88.5 Å². The van der Waals surface area contributed by atoms with Crippen LogP contribution in [0.1, 0.15) is 69.6 Å². The highest BCUT2D eigenvalue weighted by Gasteiger charge is 2.41. The quantitative estimate of drug-likeness (QED) is 0.396. The summed E-state index contributed by atoms with van der Waals surface area (Å²) in [7, 11) is 1.74. The van der Waals surface area contributed by atoms with Crippen LogP contribution in [0, 0.1) is 5.92 Å². The third kappa shape index (κ3) is 5.34. The molecule has 0 radical (unpaired) electrons. The van der Waals surface area contributed by atoms with Crippen LogP contribution >= 0.6 is 0 Å². The van der Waals surface area contributed by atoms with Gasteiger partial charge >= 0.3 is 0 Å². The van der Waals surface area contributed by atoms with E-state index in [0.717, 1.165) is 42.6 Å². The van der Waals surface area contributed by atoms with Gasteiger partial charge in [-0.25, -0.2) is 4.90 Å². The molecule has 8 heteroatoms. The van der Waals surface area contributed by atoms with Gasteiger partial charge in [-0.15, -0.1) is 0 Å². The van der Waals surface area contributed by atoms with Crippen molar-refractivity contribution in [3.8, 4) is 0 Å². The molecule has 0 spiro atoms. The first kappa shape index (κ1) is 27.8. The molecular formula is C33H36N2O6. The van der Waals surface area contributed by atoms with Crippen molar-refractivity contribution in [3.05, 3.63) is 101 Å². The summed E-state index contributed by atoms with van der Waals surface area (Å²) in [6, 6.07) is 22.4. The molecule has 3 aromatic rings. The van der Waals surface area contributed by atoms with Gasteiger partial charge in [0.1, 0.15) is 0 Å². The third-order valence-electron chi connectivity index (χ3n) is 8.59. The number of aliphatic hydroxyl groups excluding tert-OH is 1. The van der Waals surface area contributed by atoms with Crippen molar-refractivity contribution in [2.45, 2.75) is 50.9 Å². The molecule has 0 saturated carbocycles. The normalized spacial score (nSPS) is 26.5. The predicted octanol–water partition coefficient (Wildman–Crippen LogP) is 4.88. The molecule has 3 aromatic carbocycles. The average molecular weight is 557 g/mol. The average Bonchev–Trinajstić information content (AvgIpc) is 3.55. The summed E-state index contributed by atoms with van der Waals surface area (Å²) in [6.45, 7) is 4.57. The van der Waals surface area contributed by atoms with Crippen molar-refractivity contribution >= 4 is 17.5 Å². The van der Waals surface area contributed by atoms with E-state index in [1.807, 2.05) is 42.5 Å². The summed E-state index contributed by atoms with van der Waals surface area (Å²) in [5, 5.41) is 9.54. The number of benzene rings is 3. The van der Waals surface area contributed by atoms with Crippen LogP contribution in [0.15, 0.2) is 72.8 Å². The zero-order valence-corrected chi connectivity index (χ0v) is 23.4. The lowest BCUT2D eigenvalue weighted by Gasteiger charge is -2.43. The lowest BCUT2D eigenvalue weighted by Crippen LogP contribution is -2.46. The van der Waals surface area contributed by atoms with Crippen LogP contribution in [0.25, 0.3) is 0 Å². The molecule has 2 fully saturated rings. The molecule has 3 aliphatic rings. The molecule has 5 atom stereocenters. The molecule has 0 unspecified atom stereocenters. The molecular weight excluding hydrogens is 520 g/mol. The van der Waals surface area contributed by atoms with E-state index in [2.05, 4.69) is 11.8 Å². The monoisotopic (exact) mass is 556 g/mol. The molecule has 41 heavy (non-hydrogen) atoms. The number of rotatable bonds is 8. The Morgan fingerprint density at radius 3 is 2.34 bits per heavy atom. The molecule has 3 heterocycles. The second-order valence-corrected chi connectivity index (χ2v) is 11.2. The lowest BCUT2D eigenvalue weighted by atomic mass is 9.90. The Morgan fingerprint density at radius 1 is 0.927 bits per heavy atom. The second kappa shape index (κ2) is 11.8. The van der Waals surface area contributed by atoms with Crippen LogP contribution in [0.3, 0.4) is 0 Å². The van der Waals surface area contributed by atoms with Crippen LogP contribution in [0.2, 0.25) is 0 Å². The van der Waals surface area contributed by atoms with E-state index < -0.39 is 6.29 Å². The Labute approximate surface area is 240 Å². The van der Waals surface area contributed by atoms with Crippen molar-refractivity contribution in [2.75, 3.05) is 31.7 Å². The maximum atomic E-state index is 13.2. The third-order valence-corrected chi connectivity index (χ3v) is 8.59. The van der Waals surface area contributed by atoms with Crippen molar-refractivity contribution in [1.29, 1.82) is 0 Å². The van der Waals surface area contributed by atoms with Gasteiger partial charge in [0.05, 0.1) is 42.2 Å². The number of hydrogen-bond acceptors (Lipinski definition) is 7. The van der Waals surface area contributed by atoms with Crippen molar-refractivity contribution in [2.24, 2.45) is 5.92 Å². The number of aliphatic hydroxyl groups is 1. The highest BCUT2D eigenvalue weighted by Crippen LogP contribution is 2.43. The van der Waals surface area contributed by atoms with Crippen molar-refractivity contribution in [1.82, 2.24) is 4.90 Å². The minimum absolute atomic E-state index is 0.0177. The van der Waals surface area contributed by atoms with Gasteiger partial charge in [-0.2, -0.15) is 0 Å². The Morgan fingerprint density at radius 2 is 1.66 bits per heavy atom. The fourth-order valence-electron chi connectivity index (χ4n) is 6.31. The van der Waals surface area contributed by atoms with Gasteiger partial charge in [-0.05, 0) is 54.8 Å². The highest BCUT2D eigenvalue weighted by molar-refractivity contribution is 6.34. The van der Waals surface area contributed by atoms with E-state index in [1.165, 1.54) is 4.90 Å². The fraction of sp³-hybridized carbons (Fsp3) is 0.394. The number of methoxy groups -OCH3 is 1. The number of likely N-dealkylation sites (tertiary alicyclic amines) is 1. The van der Waals surface area contributed by atoms with E-state index in [1.54, 1.807) is 37.4 Å². The second-order valence-electron chi connectivity index (χ2n) is 11.2. The molecule has 2 saturated heterocycles. The van der Waals surface area contributed by atoms with Gasteiger partial charge in [0.2, 0.25) is 0 Å². The minimum Gasteiger partial charge on any atom is -0.392 e. The SMILES string of the molecule is COC[C@@H]1CCCN1C[C@H]1O[C@@H](c2cccc(N3C(=O)c4ccccc4C3=O)c2)O[C@@H](c2ccc(CO)cc2)[C@H]1C. The van der Waals surface area contributed by atoms with E-state index in [4.69, 9.17) is 14.2 Å². The number of imide groups is 1. The molecule has 0 aliphatic carbocycles. The maximum absolute atomic E-state index is 13.2. The number of anilines is 1. The Balaban J connectivity index is 1.30. The molecule has 2 amide bonds. The fourth-order valence-corrected chi connectivity index (χ4v) is 6.31. The van der Waals surface area contributed by atoms with Gasteiger partial charge < -0.3 is 19.3 Å². The van der Waals surface area contributed by atoms with Crippen molar-refractivity contribution < 1.29 is 28.9 Å². The van der Waals surface area contributed by atoms with E-state index in [9.17, 15) is 14.7 Å². The molecule has 214 valence electrons.